The van der Waals surface area contributed by atoms with Gasteiger partial charge in [-0.2, -0.15) is 0 Å². The summed E-state index contributed by atoms with van der Waals surface area (Å²) in [4.78, 5) is 17.7. The Hall–Kier alpha value is -2.18. The molecule has 2 aromatic rings. The first-order valence-electron chi connectivity index (χ1n) is 10.7. The van der Waals surface area contributed by atoms with Crippen LogP contribution in [0.4, 0.5) is 4.39 Å². The number of carbonyl (C=O) groups is 1. The largest absolute Gasteiger partial charge is 0.352 e. The molecule has 1 N–H and O–H groups in total. The van der Waals surface area contributed by atoms with Crippen LogP contribution in [0.25, 0.3) is 5.69 Å². The lowest BCUT2D eigenvalue weighted by Crippen LogP contribution is -2.46. The third-order valence-corrected chi connectivity index (χ3v) is 5.86. The zero-order valence-electron chi connectivity index (χ0n) is 17.9. The number of nitrogens with one attached hydrogen (secondary N) is 1. The van der Waals surface area contributed by atoms with E-state index in [1.807, 2.05) is 24.5 Å². The average molecular weight is 401 g/mol. The molecule has 2 heterocycles. The highest BCUT2D eigenvalue weighted by Gasteiger charge is 2.17. The van der Waals surface area contributed by atoms with E-state index in [0.29, 0.717) is 12.1 Å². The van der Waals surface area contributed by atoms with Crippen LogP contribution in [0.3, 0.4) is 0 Å². The maximum atomic E-state index is 13.2. The Bertz CT molecular complexity index is 807. The van der Waals surface area contributed by atoms with Gasteiger partial charge in [0, 0.05) is 49.8 Å². The number of aromatic nitrogens is 1. The number of carbonyl (C=O) groups excluding carboxylic acids is 1. The molecule has 3 rings (SSSR count). The van der Waals surface area contributed by atoms with Crippen molar-refractivity contribution in [2.75, 3.05) is 45.8 Å². The predicted molar refractivity (Wildman–Crippen MR) is 115 cm³/mol. The first-order valence-corrected chi connectivity index (χ1v) is 10.7. The number of hydrogen-bond donors (Lipinski definition) is 1. The van der Waals surface area contributed by atoms with Crippen LogP contribution in [0.1, 0.15) is 41.5 Å². The molecule has 5 nitrogen and oxygen atoms in total. The van der Waals surface area contributed by atoms with E-state index in [4.69, 9.17) is 0 Å². The van der Waals surface area contributed by atoms with E-state index in [1.165, 1.54) is 12.1 Å². The lowest BCUT2D eigenvalue weighted by molar-refractivity contribution is 0.0951. The van der Waals surface area contributed by atoms with Gasteiger partial charge in [-0.3, -0.25) is 4.79 Å². The zero-order chi connectivity index (χ0) is 20.8. The quantitative estimate of drug-likeness (QED) is 0.691. The molecule has 0 saturated carbocycles. The molecule has 0 unspecified atom stereocenters. The van der Waals surface area contributed by atoms with Gasteiger partial charge in [0.1, 0.15) is 5.82 Å². The third kappa shape index (κ3) is 5.46. The minimum atomic E-state index is -0.263. The van der Waals surface area contributed by atoms with Crippen LogP contribution in [-0.2, 0) is 0 Å². The van der Waals surface area contributed by atoms with Crippen molar-refractivity contribution in [1.82, 2.24) is 19.7 Å². The number of rotatable bonds is 8. The highest BCUT2D eigenvalue weighted by molar-refractivity contribution is 5.95. The van der Waals surface area contributed by atoms with E-state index in [1.54, 1.807) is 12.1 Å². The van der Waals surface area contributed by atoms with Gasteiger partial charge in [-0.1, -0.05) is 6.92 Å². The number of benzene rings is 1. The van der Waals surface area contributed by atoms with Crippen molar-refractivity contribution >= 4 is 5.91 Å². The smallest absolute Gasteiger partial charge is 0.253 e. The first-order chi connectivity index (χ1) is 14.0. The van der Waals surface area contributed by atoms with Gasteiger partial charge in [0.15, 0.2) is 0 Å². The minimum absolute atomic E-state index is 0.0389. The number of piperazine rings is 1. The SMILES string of the molecule is CCN1CCN(CCCCNC(=O)c2cc(C)n(-c3ccc(F)cc3)c2C)CC1. The molecule has 1 aromatic heterocycles. The van der Waals surface area contributed by atoms with Crippen LogP contribution in [0, 0.1) is 19.7 Å². The normalized spacial score (nSPS) is 15.6. The van der Waals surface area contributed by atoms with Crippen molar-refractivity contribution in [3.8, 4) is 5.69 Å². The molecule has 6 heteroatoms. The van der Waals surface area contributed by atoms with E-state index in [2.05, 4.69) is 22.0 Å². The van der Waals surface area contributed by atoms with Crippen molar-refractivity contribution < 1.29 is 9.18 Å². The number of amides is 1. The summed E-state index contributed by atoms with van der Waals surface area (Å²) in [6.07, 6.45) is 2.08. The van der Waals surface area contributed by atoms with Gasteiger partial charge < -0.3 is 19.7 Å². The Labute approximate surface area is 173 Å². The standard InChI is InChI=1S/C23H33FN4O/c1-4-26-13-15-27(16-14-26)12-6-5-11-25-23(29)22-17-18(2)28(19(22)3)21-9-7-20(24)8-10-21/h7-10,17H,4-6,11-16H2,1-3H3,(H,25,29). The second-order valence-electron chi connectivity index (χ2n) is 7.84. The molecule has 0 atom stereocenters. The minimum Gasteiger partial charge on any atom is -0.352 e. The Morgan fingerprint density at radius 3 is 2.34 bits per heavy atom. The van der Waals surface area contributed by atoms with Crippen molar-refractivity contribution in [3.05, 3.63) is 53.1 Å². The highest BCUT2D eigenvalue weighted by atomic mass is 19.1. The molecule has 1 amide bonds. The van der Waals surface area contributed by atoms with Crippen LogP contribution in [0.5, 0.6) is 0 Å². The van der Waals surface area contributed by atoms with E-state index in [0.717, 1.165) is 69.2 Å². The van der Waals surface area contributed by atoms with Crippen LogP contribution in [0.2, 0.25) is 0 Å². The van der Waals surface area contributed by atoms with Crippen LogP contribution < -0.4 is 5.32 Å². The number of aryl methyl sites for hydroxylation is 1. The number of likely N-dealkylation sites (N-methyl/N-ethyl adjacent to an activating group) is 1. The molecule has 1 fully saturated rings. The molecule has 1 saturated heterocycles. The van der Waals surface area contributed by atoms with Crippen molar-refractivity contribution in [1.29, 1.82) is 0 Å². The van der Waals surface area contributed by atoms with Crippen molar-refractivity contribution in [3.63, 3.8) is 0 Å². The van der Waals surface area contributed by atoms with Crippen molar-refractivity contribution in [2.45, 2.75) is 33.6 Å². The number of nitrogens with zero attached hydrogens (tertiary/aromatic N) is 3. The van der Waals surface area contributed by atoms with Gasteiger partial charge in [-0.15, -0.1) is 0 Å². The number of unbranched alkanes of at least 4 members (excludes halogenated alkanes) is 1. The number of hydrogen-bond acceptors (Lipinski definition) is 3. The molecule has 1 aliphatic heterocycles. The van der Waals surface area contributed by atoms with E-state index < -0.39 is 0 Å². The molecule has 0 spiro atoms. The molecule has 1 aliphatic rings. The molecule has 0 radical (unpaired) electrons. The van der Waals surface area contributed by atoms with E-state index >= 15 is 0 Å². The van der Waals surface area contributed by atoms with Gasteiger partial charge in [-0.05, 0) is 70.1 Å². The summed E-state index contributed by atoms with van der Waals surface area (Å²) in [6.45, 7) is 13.7. The van der Waals surface area contributed by atoms with Gasteiger partial charge in [-0.25, -0.2) is 4.39 Å². The first kappa shape index (κ1) is 21.5. The molecular weight excluding hydrogens is 367 g/mol. The van der Waals surface area contributed by atoms with Crippen LogP contribution in [-0.4, -0.2) is 66.1 Å². The predicted octanol–water partition coefficient (Wildman–Crippen LogP) is 3.38. The maximum Gasteiger partial charge on any atom is 0.253 e. The summed E-state index contributed by atoms with van der Waals surface area (Å²) in [5.74, 6) is -0.301. The molecule has 0 aliphatic carbocycles. The average Bonchev–Trinajstić information content (AvgIpc) is 3.03. The molecular formula is C23H33FN4O. The van der Waals surface area contributed by atoms with Gasteiger partial charge in [0.25, 0.3) is 5.91 Å². The Morgan fingerprint density at radius 2 is 1.69 bits per heavy atom. The summed E-state index contributed by atoms with van der Waals surface area (Å²) in [5.41, 5.74) is 3.39. The summed E-state index contributed by atoms with van der Waals surface area (Å²) >= 11 is 0. The fourth-order valence-electron chi connectivity index (χ4n) is 4.07. The Kier molecular flexibility index (Phi) is 7.45. The molecule has 1 aromatic carbocycles. The molecule has 158 valence electrons. The van der Waals surface area contributed by atoms with Crippen molar-refractivity contribution in [2.24, 2.45) is 0 Å². The maximum absolute atomic E-state index is 13.2. The van der Waals surface area contributed by atoms with E-state index in [-0.39, 0.29) is 11.7 Å². The zero-order valence-corrected chi connectivity index (χ0v) is 17.9. The van der Waals surface area contributed by atoms with Crippen LogP contribution >= 0.6 is 0 Å². The fraction of sp³-hybridized carbons (Fsp3) is 0.522. The summed E-state index contributed by atoms with van der Waals surface area (Å²) in [5, 5.41) is 3.06. The highest BCUT2D eigenvalue weighted by Crippen LogP contribution is 2.21. The van der Waals surface area contributed by atoms with Gasteiger partial charge in [0.05, 0.1) is 5.56 Å². The lowest BCUT2D eigenvalue weighted by atomic mass is 10.2. The van der Waals surface area contributed by atoms with Crippen LogP contribution in [0.15, 0.2) is 30.3 Å². The number of halogens is 1. The summed E-state index contributed by atoms with van der Waals surface area (Å²) in [7, 11) is 0. The Morgan fingerprint density at radius 1 is 1.03 bits per heavy atom. The third-order valence-electron chi connectivity index (χ3n) is 5.86. The van der Waals surface area contributed by atoms with E-state index in [9.17, 15) is 9.18 Å². The summed E-state index contributed by atoms with van der Waals surface area (Å²) in [6, 6.07) is 8.25. The molecule has 29 heavy (non-hydrogen) atoms. The lowest BCUT2D eigenvalue weighted by Gasteiger charge is -2.33. The van der Waals surface area contributed by atoms with Gasteiger partial charge >= 0.3 is 0 Å². The second-order valence-corrected chi connectivity index (χ2v) is 7.84. The van der Waals surface area contributed by atoms with Gasteiger partial charge in [0.2, 0.25) is 0 Å². The monoisotopic (exact) mass is 400 g/mol. The second kappa shape index (κ2) is 10.0. The fourth-order valence-corrected chi connectivity index (χ4v) is 4.07. The summed E-state index contributed by atoms with van der Waals surface area (Å²) < 4.78 is 15.2. The Balaban J connectivity index is 1.46. The topological polar surface area (TPSA) is 40.5 Å². The molecule has 0 bridgehead atoms.